The number of ether oxygens (including phenoxy) is 1. The third-order valence-corrected chi connectivity index (χ3v) is 9.30. The van der Waals surface area contributed by atoms with Crippen LogP contribution in [-0.2, 0) is 9.59 Å². The summed E-state index contributed by atoms with van der Waals surface area (Å²) in [7, 11) is 3.15. The lowest BCUT2D eigenvalue weighted by Crippen LogP contribution is -2.44. The van der Waals surface area contributed by atoms with Crippen LogP contribution in [0.25, 0.3) is 0 Å². The van der Waals surface area contributed by atoms with Gasteiger partial charge in [-0.1, -0.05) is 24.3 Å². The Morgan fingerprint density at radius 3 is 2.51 bits per heavy atom. The van der Waals surface area contributed by atoms with Gasteiger partial charge in [0.05, 0.1) is 37.8 Å². The molecule has 2 aliphatic rings. The van der Waals surface area contributed by atoms with E-state index < -0.39 is 5.82 Å². The number of carbonyl (C=O) groups is 2. The summed E-state index contributed by atoms with van der Waals surface area (Å²) in [5, 5.41) is 19.5. The molecule has 13 heteroatoms. The van der Waals surface area contributed by atoms with E-state index in [1.807, 2.05) is 24.0 Å². The molecule has 1 aromatic heterocycles. The first-order chi connectivity index (χ1) is 23.6. The number of nitrogens with two attached hydrogens (primary N) is 1. The average Bonchev–Trinajstić information content (AvgIpc) is 3.59. The van der Waals surface area contributed by atoms with E-state index in [2.05, 4.69) is 32.3 Å². The summed E-state index contributed by atoms with van der Waals surface area (Å²) in [6.45, 7) is 5.03. The average molecular weight is 670 g/mol. The Morgan fingerprint density at radius 2 is 1.86 bits per heavy atom. The Hall–Kier alpha value is -5.17. The highest BCUT2D eigenvalue weighted by atomic mass is 19.1. The molecule has 3 heterocycles. The molecule has 49 heavy (non-hydrogen) atoms. The number of pyridine rings is 1. The smallest absolute Gasteiger partial charge is 0.236 e. The largest absolute Gasteiger partial charge is 0.495 e. The van der Waals surface area contributed by atoms with Crippen LogP contribution in [0.2, 0.25) is 0 Å². The van der Waals surface area contributed by atoms with Gasteiger partial charge in [-0.15, -0.1) is 0 Å². The third-order valence-electron chi connectivity index (χ3n) is 9.30. The Labute approximate surface area is 286 Å². The summed E-state index contributed by atoms with van der Waals surface area (Å²) < 4.78 is 19.7. The van der Waals surface area contributed by atoms with Crippen LogP contribution in [0.15, 0.2) is 59.7 Å². The molecule has 0 spiro atoms. The van der Waals surface area contributed by atoms with Crippen molar-refractivity contribution in [1.29, 1.82) is 10.8 Å². The van der Waals surface area contributed by atoms with Crippen molar-refractivity contribution in [2.45, 2.75) is 32.1 Å². The first kappa shape index (κ1) is 35.1. The van der Waals surface area contributed by atoms with E-state index in [-0.39, 0.29) is 58.5 Å². The molecular formula is C36H44FN9O3. The van der Waals surface area contributed by atoms with E-state index in [1.165, 1.54) is 25.2 Å². The molecular weight excluding hydrogens is 625 g/mol. The number of hydrogen-bond donors (Lipinski definition) is 4. The van der Waals surface area contributed by atoms with Gasteiger partial charge in [-0.25, -0.2) is 14.4 Å². The molecule has 0 radical (unpaired) electrons. The van der Waals surface area contributed by atoms with Gasteiger partial charge in [0, 0.05) is 61.8 Å². The molecule has 5 rings (SSSR count). The van der Waals surface area contributed by atoms with Gasteiger partial charge in [-0.05, 0) is 62.4 Å². The van der Waals surface area contributed by atoms with Gasteiger partial charge in [0.2, 0.25) is 11.8 Å². The number of nitrogens with one attached hydrogen (secondary N) is 3. The fraction of sp³-hybridized carbons (Fsp3) is 0.389. The molecule has 0 unspecified atom stereocenters. The number of amidine groups is 1. The molecule has 3 aromatic rings. The molecule has 1 atom stereocenters. The monoisotopic (exact) mass is 669 g/mol. The van der Waals surface area contributed by atoms with Crippen LogP contribution >= 0.6 is 0 Å². The second-order valence-corrected chi connectivity index (χ2v) is 12.3. The van der Waals surface area contributed by atoms with E-state index in [0.717, 1.165) is 24.5 Å². The zero-order valence-corrected chi connectivity index (χ0v) is 28.2. The van der Waals surface area contributed by atoms with Crippen molar-refractivity contribution in [2.24, 2.45) is 10.9 Å². The lowest BCUT2D eigenvalue weighted by molar-refractivity contribution is -0.133. The molecule has 0 aliphatic carbocycles. The number of nitrogen functional groups attached to an aromatic ring is 1. The lowest BCUT2D eigenvalue weighted by atomic mass is 9.89. The number of nitrogens with zero attached hydrogens (tertiary/aromatic N) is 5. The first-order valence-corrected chi connectivity index (χ1v) is 16.5. The van der Waals surface area contributed by atoms with Gasteiger partial charge in [-0.3, -0.25) is 25.3 Å². The van der Waals surface area contributed by atoms with Crippen molar-refractivity contribution in [3.63, 3.8) is 0 Å². The molecule has 2 fully saturated rings. The van der Waals surface area contributed by atoms with Crippen molar-refractivity contribution < 1.29 is 18.7 Å². The van der Waals surface area contributed by atoms with Crippen LogP contribution in [0, 0.1) is 22.6 Å². The molecule has 2 aromatic carbocycles. The maximum absolute atomic E-state index is 14.7. The fourth-order valence-corrected chi connectivity index (χ4v) is 6.51. The minimum absolute atomic E-state index is 0.0655. The second-order valence-electron chi connectivity index (χ2n) is 12.3. The molecule has 5 N–H and O–H groups in total. The number of rotatable bonds is 11. The van der Waals surface area contributed by atoms with Gasteiger partial charge in [-0.2, -0.15) is 0 Å². The topological polar surface area (TPSA) is 164 Å². The Morgan fingerprint density at radius 1 is 1.12 bits per heavy atom. The predicted molar refractivity (Wildman–Crippen MR) is 189 cm³/mol. The minimum Gasteiger partial charge on any atom is -0.495 e. The van der Waals surface area contributed by atoms with Gasteiger partial charge < -0.3 is 25.6 Å². The summed E-state index contributed by atoms with van der Waals surface area (Å²) in [5.41, 5.74) is 8.90. The van der Waals surface area contributed by atoms with Crippen LogP contribution in [0.1, 0.15) is 54.5 Å². The van der Waals surface area contributed by atoms with E-state index in [1.54, 1.807) is 30.1 Å². The van der Waals surface area contributed by atoms with Crippen molar-refractivity contribution in [3.8, 4) is 5.75 Å². The molecule has 0 saturated carbocycles. The third kappa shape index (κ3) is 8.11. The number of amides is 2. The number of hydrogen-bond acceptors (Lipinski definition) is 8. The maximum Gasteiger partial charge on any atom is 0.236 e. The summed E-state index contributed by atoms with van der Waals surface area (Å²) in [5.74, 6) is -0.188. The highest BCUT2D eigenvalue weighted by molar-refractivity contribution is 6.13. The summed E-state index contributed by atoms with van der Waals surface area (Å²) in [6.07, 6.45) is 5.20. The molecule has 0 bridgehead atoms. The number of carbonyl (C=O) groups excluding carboxylic acids is 2. The van der Waals surface area contributed by atoms with Crippen molar-refractivity contribution >= 4 is 41.1 Å². The van der Waals surface area contributed by atoms with Gasteiger partial charge in [0.25, 0.3) is 0 Å². The van der Waals surface area contributed by atoms with E-state index >= 15 is 0 Å². The highest BCUT2D eigenvalue weighted by Gasteiger charge is 2.34. The number of benzene rings is 2. The predicted octanol–water partition coefficient (Wildman–Crippen LogP) is 3.88. The Kier molecular flexibility index (Phi) is 11.3. The summed E-state index contributed by atoms with van der Waals surface area (Å²) in [4.78, 5) is 40.8. The van der Waals surface area contributed by atoms with Crippen molar-refractivity contribution in [1.82, 2.24) is 20.1 Å². The van der Waals surface area contributed by atoms with E-state index in [4.69, 9.17) is 21.3 Å². The fourth-order valence-electron chi connectivity index (χ4n) is 6.51. The molecule has 2 aliphatic heterocycles. The summed E-state index contributed by atoms with van der Waals surface area (Å²) in [6, 6.07) is 14.1. The van der Waals surface area contributed by atoms with Gasteiger partial charge in [0.1, 0.15) is 11.4 Å². The number of methoxy groups -OCH3 is 1. The van der Waals surface area contributed by atoms with Gasteiger partial charge >= 0.3 is 0 Å². The SMILES string of the molecule is CCN(C(=O)[C@@H]1CCN(CC(=O)N2CCC(c3ccc(C(=N)/N=C\NC)cc3)CC2)C1)c1ccc(N)c(C(=N)c2ncc(OC)cc2F)c1. The molecule has 258 valence electrons. The zero-order chi connectivity index (χ0) is 35.1. The van der Waals surface area contributed by atoms with Gasteiger partial charge in [0.15, 0.2) is 11.7 Å². The Balaban J connectivity index is 1.15. The number of anilines is 2. The first-order valence-electron chi connectivity index (χ1n) is 16.5. The number of aliphatic imine (C=N–C) groups is 1. The molecule has 12 nitrogen and oxygen atoms in total. The van der Waals surface area contributed by atoms with Crippen molar-refractivity contribution in [3.05, 3.63) is 82.9 Å². The Bertz CT molecular complexity index is 1720. The standard InChI is InChI=1S/C36H44FN9O3/c1-4-46(27-9-10-31(38)29(17-27)33(39)34-30(37)18-28(49-3)19-42-34)36(48)26-11-14-44(20-26)21-32(47)45-15-12-24(13-16-45)23-5-7-25(8-6-23)35(40)43-22-41-2/h5-10,17-19,22,24,26,39H,4,11-16,20-21,38H2,1-3H3,(H2,40,41,43)/t26-/m1/s1. The minimum atomic E-state index is -0.706. The normalized spacial score (nSPS) is 16.9. The zero-order valence-electron chi connectivity index (χ0n) is 28.2. The van der Waals surface area contributed by atoms with Crippen molar-refractivity contribution in [2.75, 3.05) is 64.1 Å². The van der Waals surface area contributed by atoms with E-state index in [9.17, 15) is 14.0 Å². The number of likely N-dealkylation sites (tertiary alicyclic amines) is 2. The number of piperidine rings is 1. The van der Waals surface area contributed by atoms with Crippen LogP contribution in [0.3, 0.4) is 0 Å². The molecule has 2 saturated heterocycles. The second kappa shape index (κ2) is 15.8. The van der Waals surface area contributed by atoms with Crippen LogP contribution < -0.4 is 20.7 Å². The summed E-state index contributed by atoms with van der Waals surface area (Å²) >= 11 is 0. The highest BCUT2D eigenvalue weighted by Crippen LogP contribution is 2.30. The maximum atomic E-state index is 14.7. The number of aromatic nitrogens is 1. The van der Waals surface area contributed by atoms with Crippen LogP contribution in [0.4, 0.5) is 15.8 Å². The van der Waals surface area contributed by atoms with E-state index in [0.29, 0.717) is 50.7 Å². The lowest BCUT2D eigenvalue weighted by Gasteiger charge is -2.33. The number of halogens is 1. The molecule has 2 amide bonds. The quantitative estimate of drug-likeness (QED) is 0.137. The van der Waals surface area contributed by atoms with Crippen LogP contribution in [-0.4, -0.2) is 97.9 Å². The van der Waals surface area contributed by atoms with Crippen LogP contribution in [0.5, 0.6) is 5.75 Å².